The lowest BCUT2D eigenvalue weighted by Gasteiger charge is -1.98. The zero-order valence-corrected chi connectivity index (χ0v) is 5.70. The van der Waals surface area contributed by atoms with Gasteiger partial charge >= 0.3 is 0 Å². The van der Waals surface area contributed by atoms with Crippen molar-refractivity contribution in [3.8, 4) is 5.75 Å². The van der Waals surface area contributed by atoms with E-state index >= 15 is 0 Å². The van der Waals surface area contributed by atoms with Gasteiger partial charge in [-0.05, 0) is 12.5 Å². The van der Waals surface area contributed by atoms with Crippen LogP contribution in [0.2, 0.25) is 0 Å². The Morgan fingerprint density at radius 2 is 2.40 bits per heavy atom. The molecule has 0 radical (unpaired) electrons. The summed E-state index contributed by atoms with van der Waals surface area (Å²) in [5.74, 6) is 0.0787. The highest BCUT2D eigenvalue weighted by atomic mass is 16.3. The summed E-state index contributed by atoms with van der Waals surface area (Å²) in [7, 11) is 0. The van der Waals surface area contributed by atoms with Gasteiger partial charge in [0.2, 0.25) is 0 Å². The van der Waals surface area contributed by atoms with Crippen molar-refractivity contribution in [1.29, 1.82) is 0 Å². The molecule has 0 aromatic carbocycles. The van der Waals surface area contributed by atoms with Gasteiger partial charge in [-0.3, -0.25) is 0 Å². The van der Waals surface area contributed by atoms with E-state index in [1.54, 1.807) is 6.92 Å². The fourth-order valence-corrected chi connectivity index (χ4v) is 0.651. The Hall–Kier alpha value is -1.38. The van der Waals surface area contributed by atoms with E-state index in [4.69, 9.17) is 5.11 Å². The van der Waals surface area contributed by atoms with E-state index in [2.05, 4.69) is 16.5 Å². The second-order valence-corrected chi connectivity index (χ2v) is 2.04. The quantitative estimate of drug-likeness (QED) is 0.631. The van der Waals surface area contributed by atoms with Gasteiger partial charge in [0.05, 0.1) is 6.20 Å². The second kappa shape index (κ2) is 2.47. The van der Waals surface area contributed by atoms with Crippen molar-refractivity contribution < 1.29 is 5.11 Å². The molecule has 0 spiro atoms. The molecule has 3 nitrogen and oxygen atoms in total. The van der Waals surface area contributed by atoms with Crippen LogP contribution >= 0.6 is 0 Å². The fraction of sp³-hybridized carbons (Fsp3) is 0.143. The third-order valence-electron chi connectivity index (χ3n) is 1.10. The van der Waals surface area contributed by atoms with Crippen LogP contribution < -0.4 is 0 Å². The minimum Gasteiger partial charge on any atom is -0.504 e. The number of aromatic nitrogens is 2. The first kappa shape index (κ1) is 6.74. The second-order valence-electron chi connectivity index (χ2n) is 2.04. The van der Waals surface area contributed by atoms with Gasteiger partial charge in [0.25, 0.3) is 0 Å². The third-order valence-corrected chi connectivity index (χ3v) is 1.10. The molecule has 1 rings (SSSR count). The Labute approximate surface area is 59.1 Å². The first-order valence-corrected chi connectivity index (χ1v) is 2.86. The van der Waals surface area contributed by atoms with Gasteiger partial charge in [-0.25, -0.2) is 9.97 Å². The lowest BCUT2D eigenvalue weighted by molar-refractivity contribution is 0.467. The molecule has 1 aromatic heterocycles. The van der Waals surface area contributed by atoms with Crippen molar-refractivity contribution in [3.63, 3.8) is 0 Å². The normalized spacial score (nSPS) is 9.30. The van der Waals surface area contributed by atoms with Gasteiger partial charge in [-0.15, -0.1) is 0 Å². The molecule has 0 saturated heterocycles. The number of hydrogen-bond donors (Lipinski definition) is 1. The summed E-state index contributed by atoms with van der Waals surface area (Å²) in [5, 5.41) is 9.10. The Balaban J connectivity index is 3.15. The van der Waals surface area contributed by atoms with Crippen molar-refractivity contribution in [2.45, 2.75) is 6.92 Å². The van der Waals surface area contributed by atoms with E-state index in [0.29, 0.717) is 5.69 Å². The van der Waals surface area contributed by atoms with Crippen LogP contribution in [-0.4, -0.2) is 15.1 Å². The highest BCUT2D eigenvalue weighted by Crippen LogP contribution is 2.17. The van der Waals surface area contributed by atoms with Crippen LogP contribution in [0.3, 0.4) is 0 Å². The summed E-state index contributed by atoms with van der Waals surface area (Å²) >= 11 is 0. The van der Waals surface area contributed by atoms with E-state index in [0.717, 1.165) is 5.57 Å². The van der Waals surface area contributed by atoms with Crippen LogP contribution in [-0.2, 0) is 0 Å². The van der Waals surface area contributed by atoms with E-state index in [1.165, 1.54) is 12.5 Å². The average molecular weight is 136 g/mol. The molecule has 0 aliphatic carbocycles. The third kappa shape index (κ3) is 1.13. The van der Waals surface area contributed by atoms with Crippen molar-refractivity contribution in [3.05, 3.63) is 24.8 Å². The predicted octanol–water partition coefficient (Wildman–Crippen LogP) is 1.22. The molecule has 0 amide bonds. The van der Waals surface area contributed by atoms with Gasteiger partial charge in [0.15, 0.2) is 5.75 Å². The molecule has 0 fully saturated rings. The van der Waals surface area contributed by atoms with Crippen LogP contribution in [0.15, 0.2) is 19.1 Å². The molecular weight excluding hydrogens is 128 g/mol. The van der Waals surface area contributed by atoms with E-state index in [1.807, 2.05) is 0 Å². The summed E-state index contributed by atoms with van der Waals surface area (Å²) in [4.78, 5) is 7.44. The number of hydrogen-bond acceptors (Lipinski definition) is 3. The number of nitrogens with zero attached hydrogens (tertiary/aromatic N) is 2. The summed E-state index contributed by atoms with van der Waals surface area (Å²) < 4.78 is 0. The van der Waals surface area contributed by atoms with E-state index < -0.39 is 0 Å². The van der Waals surface area contributed by atoms with E-state index in [9.17, 15) is 0 Å². The summed E-state index contributed by atoms with van der Waals surface area (Å²) in [5.41, 5.74) is 1.25. The van der Waals surface area contributed by atoms with Crippen LogP contribution in [0.4, 0.5) is 0 Å². The summed E-state index contributed by atoms with van der Waals surface area (Å²) in [6.45, 7) is 5.42. The first-order chi connectivity index (χ1) is 4.72. The minimum absolute atomic E-state index is 0.0787. The predicted molar refractivity (Wildman–Crippen MR) is 38.4 cm³/mol. The minimum atomic E-state index is 0.0787. The van der Waals surface area contributed by atoms with Crippen molar-refractivity contribution in [1.82, 2.24) is 9.97 Å². The maximum Gasteiger partial charge on any atom is 0.159 e. The van der Waals surface area contributed by atoms with Crippen molar-refractivity contribution in [2.24, 2.45) is 0 Å². The molecule has 3 heteroatoms. The van der Waals surface area contributed by atoms with Gasteiger partial charge in [-0.1, -0.05) is 6.58 Å². The molecule has 0 saturated carbocycles. The number of aromatic hydroxyl groups is 1. The summed E-state index contributed by atoms with van der Waals surface area (Å²) in [6, 6.07) is 0. The Morgan fingerprint density at radius 1 is 1.70 bits per heavy atom. The molecule has 0 atom stereocenters. The topological polar surface area (TPSA) is 46.0 Å². The van der Waals surface area contributed by atoms with Crippen LogP contribution in [0.5, 0.6) is 5.75 Å². The van der Waals surface area contributed by atoms with Crippen LogP contribution in [0.1, 0.15) is 12.6 Å². The lowest BCUT2D eigenvalue weighted by atomic mass is 10.2. The standard InChI is InChI=1S/C7H8N2O/c1-5(2)7-6(10)3-8-4-9-7/h3-4,10H,1H2,2H3. The molecule has 0 bridgehead atoms. The Morgan fingerprint density at radius 3 is 2.80 bits per heavy atom. The zero-order chi connectivity index (χ0) is 7.56. The molecule has 1 heterocycles. The van der Waals surface area contributed by atoms with Crippen molar-refractivity contribution >= 4 is 5.57 Å². The monoisotopic (exact) mass is 136 g/mol. The Kier molecular flexibility index (Phi) is 1.67. The highest BCUT2D eigenvalue weighted by Gasteiger charge is 2.00. The molecule has 10 heavy (non-hydrogen) atoms. The van der Waals surface area contributed by atoms with Gasteiger partial charge < -0.3 is 5.11 Å². The maximum absolute atomic E-state index is 9.10. The zero-order valence-electron chi connectivity index (χ0n) is 5.70. The first-order valence-electron chi connectivity index (χ1n) is 2.86. The number of allylic oxidation sites excluding steroid dienone is 1. The number of rotatable bonds is 1. The lowest BCUT2D eigenvalue weighted by Crippen LogP contribution is -1.86. The summed E-state index contributed by atoms with van der Waals surface area (Å²) in [6.07, 6.45) is 2.72. The highest BCUT2D eigenvalue weighted by molar-refractivity contribution is 5.62. The molecule has 1 N–H and O–H groups in total. The van der Waals surface area contributed by atoms with Crippen LogP contribution in [0.25, 0.3) is 5.57 Å². The van der Waals surface area contributed by atoms with Gasteiger partial charge in [0, 0.05) is 0 Å². The molecule has 0 aliphatic rings. The molecular formula is C7H8N2O. The fourth-order valence-electron chi connectivity index (χ4n) is 0.651. The van der Waals surface area contributed by atoms with Gasteiger partial charge in [0.1, 0.15) is 12.0 Å². The molecule has 0 unspecified atom stereocenters. The smallest absolute Gasteiger partial charge is 0.159 e. The van der Waals surface area contributed by atoms with Gasteiger partial charge in [-0.2, -0.15) is 0 Å². The molecule has 52 valence electrons. The van der Waals surface area contributed by atoms with Crippen LogP contribution in [0, 0.1) is 0 Å². The largest absolute Gasteiger partial charge is 0.504 e. The average Bonchev–Trinajstić information content (AvgIpc) is 1.88. The SMILES string of the molecule is C=C(C)c1ncncc1O. The molecule has 0 aliphatic heterocycles. The van der Waals surface area contributed by atoms with E-state index in [-0.39, 0.29) is 5.75 Å². The maximum atomic E-state index is 9.10. The molecule has 1 aromatic rings. The van der Waals surface area contributed by atoms with Crippen molar-refractivity contribution in [2.75, 3.05) is 0 Å². The Bertz CT molecular complexity index is 258.